The molecule has 0 bridgehead atoms. The molecule has 268 valence electrons. The van der Waals surface area contributed by atoms with Crippen molar-refractivity contribution in [3.05, 3.63) is 81.3 Å². The van der Waals surface area contributed by atoms with Gasteiger partial charge in [0.2, 0.25) is 17.7 Å². The Morgan fingerprint density at radius 1 is 1.16 bits per heavy atom. The largest absolute Gasteiger partial charge is 0.387 e. The molecular formula is C35H37BrF2N8O5. The summed E-state index contributed by atoms with van der Waals surface area (Å²) in [6.45, 7) is 0.635. The van der Waals surface area contributed by atoms with Gasteiger partial charge in [-0.25, -0.2) is 0 Å². The van der Waals surface area contributed by atoms with Gasteiger partial charge >= 0.3 is 5.92 Å². The van der Waals surface area contributed by atoms with Crippen LogP contribution in [0.2, 0.25) is 0 Å². The number of amides is 5. The van der Waals surface area contributed by atoms with Crippen LogP contribution in [0, 0.1) is 5.41 Å². The molecule has 2 saturated heterocycles. The van der Waals surface area contributed by atoms with Crippen LogP contribution in [0.4, 0.5) is 8.78 Å². The maximum Gasteiger partial charge on any atom is 0.325 e. The Hall–Kier alpha value is -4.99. The number of allylic oxidation sites excluding steroid dienone is 3. The van der Waals surface area contributed by atoms with Crippen molar-refractivity contribution >= 4 is 57.4 Å². The highest BCUT2D eigenvalue weighted by Gasteiger charge is 2.41. The van der Waals surface area contributed by atoms with Crippen molar-refractivity contribution in [2.45, 2.75) is 75.7 Å². The van der Waals surface area contributed by atoms with Crippen LogP contribution in [0.15, 0.2) is 69.6 Å². The number of nitrogens with one attached hydrogen (secondary N) is 5. The first-order chi connectivity index (χ1) is 24.4. The van der Waals surface area contributed by atoms with E-state index in [-0.39, 0.29) is 49.8 Å². The van der Waals surface area contributed by atoms with Gasteiger partial charge in [-0.2, -0.15) is 8.78 Å². The third kappa shape index (κ3) is 8.00. The molecule has 13 nitrogen and oxygen atoms in total. The summed E-state index contributed by atoms with van der Waals surface area (Å²) in [4.78, 5) is 69.3. The Balaban J connectivity index is 0.934. The fraction of sp³-hybridized carbons (Fsp3) is 0.400. The van der Waals surface area contributed by atoms with Gasteiger partial charge in [0.05, 0.1) is 17.6 Å². The molecule has 16 heteroatoms. The number of piperidine rings is 2. The average molecular weight is 768 g/mol. The van der Waals surface area contributed by atoms with Gasteiger partial charge < -0.3 is 31.2 Å². The number of rotatable bonds is 11. The second kappa shape index (κ2) is 15.1. The predicted molar refractivity (Wildman–Crippen MR) is 187 cm³/mol. The summed E-state index contributed by atoms with van der Waals surface area (Å²) in [6, 6.07) is 3.81. The van der Waals surface area contributed by atoms with Gasteiger partial charge in [-0.1, -0.05) is 34.1 Å². The van der Waals surface area contributed by atoms with Gasteiger partial charge in [0.15, 0.2) is 0 Å². The summed E-state index contributed by atoms with van der Waals surface area (Å²) < 4.78 is 30.6. The van der Waals surface area contributed by atoms with Crippen molar-refractivity contribution in [2.75, 3.05) is 13.1 Å². The molecule has 0 radical (unpaired) electrons. The van der Waals surface area contributed by atoms with Crippen molar-refractivity contribution in [2.24, 2.45) is 4.99 Å². The molecule has 0 spiro atoms. The van der Waals surface area contributed by atoms with E-state index in [1.54, 1.807) is 24.5 Å². The molecule has 5 amide bonds. The zero-order valence-corrected chi connectivity index (χ0v) is 29.1. The smallest absolute Gasteiger partial charge is 0.325 e. The summed E-state index contributed by atoms with van der Waals surface area (Å²) in [6.07, 6.45) is 10.5. The maximum atomic E-state index is 14.8. The highest BCUT2D eigenvalue weighted by atomic mass is 79.9. The molecule has 5 N–H and O–H groups in total. The first-order valence-electron chi connectivity index (χ1n) is 16.7. The highest BCUT2D eigenvalue weighted by molar-refractivity contribution is 9.11. The van der Waals surface area contributed by atoms with E-state index in [2.05, 4.69) is 42.2 Å². The molecule has 1 aliphatic carbocycles. The standard InChI is InChI=1S/C35H37BrF2N8O5/c36-25-2-1-3-26-31(25)43-27(18-41-26)22(15-39)17-40-23-9-12-45(13-10-23)30(48)8-11-35(37,38)34(51)42-16-20-4-5-24-21(14-20)19-46(33(24)50)28-6-7-29(47)44-32(28)49/h1-5,14-15,17-18,23,28,31,39-40,43H,6-13,16,19H2,(H,42,51)(H,44,47,49)/b22-17+,39-15?. The van der Waals surface area contributed by atoms with Crippen LogP contribution in [0.3, 0.4) is 0 Å². The molecule has 4 aliphatic heterocycles. The van der Waals surface area contributed by atoms with Crippen LogP contribution < -0.4 is 21.3 Å². The number of imide groups is 1. The molecule has 1 aromatic rings. The van der Waals surface area contributed by atoms with Gasteiger partial charge in [-0.3, -0.25) is 34.3 Å². The highest BCUT2D eigenvalue weighted by Crippen LogP contribution is 2.29. The molecule has 4 heterocycles. The minimum Gasteiger partial charge on any atom is -0.387 e. The Morgan fingerprint density at radius 2 is 1.94 bits per heavy atom. The first-order valence-corrected chi connectivity index (χ1v) is 17.5. The van der Waals surface area contributed by atoms with E-state index in [4.69, 9.17) is 5.41 Å². The lowest BCUT2D eigenvalue weighted by Crippen LogP contribution is -2.52. The maximum absolute atomic E-state index is 14.8. The van der Waals surface area contributed by atoms with E-state index in [0.29, 0.717) is 53.9 Å². The Bertz CT molecular complexity index is 1810. The SMILES string of the molecule is N=C/C(=C\NC1CCN(C(=O)CCC(F)(F)C(=O)NCc2ccc3c(c2)CN(C2CCC(=O)NC2=O)C3=O)CC1)C1=CN=C2C=CC=C(Br)C2N1. The number of carbonyl (C=O) groups is 5. The minimum absolute atomic E-state index is 0.0153. The summed E-state index contributed by atoms with van der Waals surface area (Å²) in [5, 5.41) is 19.0. The van der Waals surface area contributed by atoms with Crippen LogP contribution in [0.1, 0.15) is 60.0 Å². The first kappa shape index (κ1) is 35.8. The lowest BCUT2D eigenvalue weighted by atomic mass is 10.0. The number of fused-ring (bicyclic) bond motifs is 2. The normalized spacial score (nSPS) is 22.2. The van der Waals surface area contributed by atoms with E-state index < -0.39 is 42.5 Å². The third-order valence-corrected chi connectivity index (χ3v) is 10.3. The summed E-state index contributed by atoms with van der Waals surface area (Å²) in [5.74, 6) is -7.00. The molecule has 2 unspecified atom stereocenters. The zero-order chi connectivity index (χ0) is 36.3. The summed E-state index contributed by atoms with van der Waals surface area (Å²) in [5.41, 5.74) is 3.61. The predicted octanol–water partition coefficient (Wildman–Crippen LogP) is 2.70. The minimum atomic E-state index is -3.77. The third-order valence-electron chi connectivity index (χ3n) is 9.55. The molecule has 0 aromatic heterocycles. The number of hydrogen-bond acceptors (Lipinski definition) is 9. The van der Waals surface area contributed by atoms with E-state index in [1.807, 2.05) is 18.2 Å². The van der Waals surface area contributed by atoms with E-state index >= 15 is 0 Å². The van der Waals surface area contributed by atoms with Crippen LogP contribution in [0.25, 0.3) is 0 Å². The number of likely N-dealkylation sites (tertiary alicyclic amines) is 1. The number of hydrogen-bond donors (Lipinski definition) is 5. The van der Waals surface area contributed by atoms with Crippen molar-refractivity contribution in [1.29, 1.82) is 5.41 Å². The topological polar surface area (TPSA) is 176 Å². The molecule has 2 fully saturated rings. The zero-order valence-electron chi connectivity index (χ0n) is 27.5. The Kier molecular flexibility index (Phi) is 10.6. The van der Waals surface area contributed by atoms with Crippen molar-refractivity contribution < 1.29 is 32.8 Å². The molecular weight excluding hydrogens is 730 g/mol. The van der Waals surface area contributed by atoms with Crippen LogP contribution >= 0.6 is 15.9 Å². The molecule has 51 heavy (non-hydrogen) atoms. The molecule has 2 atom stereocenters. The van der Waals surface area contributed by atoms with Gasteiger partial charge in [-0.05, 0) is 48.6 Å². The Morgan fingerprint density at radius 3 is 2.69 bits per heavy atom. The second-order valence-corrected chi connectivity index (χ2v) is 13.8. The van der Waals surface area contributed by atoms with Gasteiger partial charge in [0.1, 0.15) is 12.1 Å². The van der Waals surface area contributed by atoms with Gasteiger partial charge in [0.25, 0.3) is 11.8 Å². The van der Waals surface area contributed by atoms with E-state index in [9.17, 15) is 32.8 Å². The molecule has 0 saturated carbocycles. The lowest BCUT2D eigenvalue weighted by molar-refractivity contribution is -0.148. The van der Waals surface area contributed by atoms with Gasteiger partial charge in [0, 0.05) is 79.5 Å². The number of carbonyl (C=O) groups excluding carboxylic acids is 5. The molecule has 1 aromatic carbocycles. The lowest BCUT2D eigenvalue weighted by Gasteiger charge is -2.33. The van der Waals surface area contributed by atoms with Crippen molar-refractivity contribution in [1.82, 2.24) is 31.1 Å². The fourth-order valence-electron chi connectivity index (χ4n) is 6.61. The van der Waals surface area contributed by atoms with Crippen LogP contribution in [-0.4, -0.2) is 88.4 Å². The van der Waals surface area contributed by atoms with Crippen LogP contribution in [-0.2, 0) is 32.3 Å². The quantitative estimate of drug-likeness (QED) is 0.170. The molecule has 5 aliphatic rings. The van der Waals surface area contributed by atoms with E-state index in [1.165, 1.54) is 22.1 Å². The fourth-order valence-corrected chi connectivity index (χ4v) is 7.11. The Labute approximate surface area is 301 Å². The van der Waals surface area contributed by atoms with Crippen molar-refractivity contribution in [3.63, 3.8) is 0 Å². The number of aliphatic imine (C=N–C) groups is 1. The number of alkyl halides is 2. The average Bonchev–Trinajstić information content (AvgIpc) is 3.45. The number of benzene rings is 1. The monoisotopic (exact) mass is 766 g/mol. The van der Waals surface area contributed by atoms with E-state index in [0.717, 1.165) is 10.2 Å². The second-order valence-electron chi connectivity index (χ2n) is 12.9. The number of halogens is 3. The summed E-state index contributed by atoms with van der Waals surface area (Å²) in [7, 11) is 0. The van der Waals surface area contributed by atoms with Gasteiger partial charge in [-0.15, -0.1) is 0 Å². The van der Waals surface area contributed by atoms with Crippen molar-refractivity contribution in [3.8, 4) is 0 Å². The molecule has 6 rings (SSSR count). The number of nitrogens with zero attached hydrogens (tertiary/aromatic N) is 3. The summed E-state index contributed by atoms with van der Waals surface area (Å²) >= 11 is 3.54. The van der Waals surface area contributed by atoms with Crippen LogP contribution in [0.5, 0.6) is 0 Å².